The Labute approximate surface area is 321 Å². The van der Waals surface area contributed by atoms with Crippen LogP contribution in [0.15, 0.2) is 22.8 Å². The molecule has 15 nitrogen and oxygen atoms in total. The van der Waals surface area contributed by atoms with Crippen molar-refractivity contribution in [3.63, 3.8) is 0 Å². The lowest BCUT2D eigenvalue weighted by Gasteiger charge is -2.60. The van der Waals surface area contributed by atoms with Crippen LogP contribution in [-0.4, -0.2) is 151 Å². The number of carbonyl (C=O) groups excluding carboxylic acids is 1. The average molecular weight is 783 g/mol. The van der Waals surface area contributed by atoms with Crippen LogP contribution in [0.25, 0.3) is 0 Å². The van der Waals surface area contributed by atoms with Gasteiger partial charge in [0.05, 0.1) is 37.6 Å². The highest BCUT2D eigenvalue weighted by Gasteiger charge is 2.62. The zero-order valence-corrected chi connectivity index (χ0v) is 32.2. The molecule has 312 valence electrons. The van der Waals surface area contributed by atoms with Gasteiger partial charge >= 0.3 is 5.97 Å². The maximum absolute atomic E-state index is 12.7. The summed E-state index contributed by atoms with van der Waals surface area (Å²) in [7, 11) is 0. The third-order valence-corrected chi connectivity index (χ3v) is 15.4. The van der Waals surface area contributed by atoms with E-state index >= 15 is 0 Å². The number of carbonyl (C=O) groups is 1. The molecule has 0 spiro atoms. The number of esters is 1. The maximum atomic E-state index is 12.7. The molecule has 55 heavy (non-hydrogen) atoms. The van der Waals surface area contributed by atoms with Crippen molar-refractivity contribution < 1.29 is 74.4 Å². The average Bonchev–Trinajstić information content (AvgIpc) is 3.51. The molecular weight excluding hydrogens is 720 g/mol. The number of rotatable bonds is 9. The number of hydrogen-bond acceptors (Lipinski definition) is 15. The predicted molar refractivity (Wildman–Crippen MR) is 191 cm³/mol. The standard InChI is InChI=1S/C40H62O15/c1-17-11-26(53-36(50)22(17)14-41)18(2)23-7-8-24-21-6-5-19-12-20(13-29(43)40(19,4)25(21)9-10-39(23,24)3)52-38-35(49)33(47)31(45)28(55-38)16-51-37-34(48)32(46)30(44)27(15-42)54-37/h5,18,20-21,23-35,37-38,41-49H,6-16H2,1-4H3/t18-,20+,21-,23+,24-,25-,26?,27?,28?,29-,30+,31-,32?,33?,34+,35-,37-,38+,39+,40-/m0/s1. The molecule has 0 bridgehead atoms. The summed E-state index contributed by atoms with van der Waals surface area (Å²) in [5.41, 5.74) is 1.98. The van der Waals surface area contributed by atoms with Gasteiger partial charge in [-0.2, -0.15) is 0 Å². The Morgan fingerprint density at radius 1 is 0.855 bits per heavy atom. The fourth-order valence-electron chi connectivity index (χ4n) is 12.0. The lowest BCUT2D eigenvalue weighted by atomic mass is 9.46. The van der Waals surface area contributed by atoms with Crippen LogP contribution < -0.4 is 0 Å². The monoisotopic (exact) mass is 782 g/mol. The van der Waals surface area contributed by atoms with Gasteiger partial charge in [0, 0.05) is 18.3 Å². The van der Waals surface area contributed by atoms with Crippen molar-refractivity contribution in [1.29, 1.82) is 0 Å². The molecule has 9 N–H and O–H groups in total. The fourth-order valence-corrected chi connectivity index (χ4v) is 12.0. The van der Waals surface area contributed by atoms with E-state index in [2.05, 4.69) is 26.8 Å². The summed E-state index contributed by atoms with van der Waals surface area (Å²) >= 11 is 0. The number of cyclic esters (lactones) is 1. The van der Waals surface area contributed by atoms with Crippen LogP contribution in [-0.2, 0) is 28.5 Å². The number of fused-ring (bicyclic) bond motifs is 5. The molecule has 3 aliphatic heterocycles. The summed E-state index contributed by atoms with van der Waals surface area (Å²) in [6.07, 6.45) is -8.00. The lowest BCUT2D eigenvalue weighted by molar-refractivity contribution is -0.337. The first-order chi connectivity index (χ1) is 26.0. The van der Waals surface area contributed by atoms with Crippen LogP contribution in [0.2, 0.25) is 0 Å². The molecule has 20 atom stereocenters. The molecule has 0 radical (unpaired) electrons. The Morgan fingerprint density at radius 3 is 2.20 bits per heavy atom. The second-order valence-corrected chi connectivity index (χ2v) is 18.0. The summed E-state index contributed by atoms with van der Waals surface area (Å²) in [5.74, 6) is 1.26. The van der Waals surface area contributed by atoms with E-state index in [1.54, 1.807) is 0 Å². The summed E-state index contributed by atoms with van der Waals surface area (Å²) < 4.78 is 29.0. The van der Waals surface area contributed by atoms with Crippen molar-refractivity contribution in [3.8, 4) is 0 Å². The quantitative estimate of drug-likeness (QED) is 0.109. The highest BCUT2D eigenvalue weighted by atomic mass is 16.7. The molecule has 0 aromatic heterocycles. The minimum absolute atomic E-state index is 0.0672. The van der Waals surface area contributed by atoms with Gasteiger partial charge in [-0.15, -0.1) is 0 Å². The van der Waals surface area contributed by atoms with Crippen LogP contribution in [0.3, 0.4) is 0 Å². The molecule has 7 aliphatic rings. The Kier molecular flexibility index (Phi) is 12.0. The summed E-state index contributed by atoms with van der Waals surface area (Å²) in [6, 6.07) is 0. The van der Waals surface area contributed by atoms with Crippen LogP contribution in [0.4, 0.5) is 0 Å². The van der Waals surface area contributed by atoms with Gasteiger partial charge in [0.1, 0.15) is 54.9 Å². The van der Waals surface area contributed by atoms with Gasteiger partial charge in [-0.05, 0) is 80.5 Å². The van der Waals surface area contributed by atoms with E-state index in [0.717, 1.165) is 43.3 Å². The Balaban J connectivity index is 1.00. The summed E-state index contributed by atoms with van der Waals surface area (Å²) in [4.78, 5) is 12.7. The topological polar surface area (TPSA) is 245 Å². The van der Waals surface area contributed by atoms with Crippen molar-refractivity contribution in [2.45, 2.75) is 159 Å². The molecule has 5 fully saturated rings. The minimum Gasteiger partial charge on any atom is -0.458 e. The van der Waals surface area contributed by atoms with Crippen molar-refractivity contribution in [1.82, 2.24) is 0 Å². The van der Waals surface area contributed by atoms with E-state index in [0.29, 0.717) is 36.2 Å². The van der Waals surface area contributed by atoms with Crippen molar-refractivity contribution in [2.75, 3.05) is 19.8 Å². The molecule has 4 aliphatic carbocycles. The molecular formula is C40H62O15. The molecule has 0 amide bonds. The second-order valence-electron chi connectivity index (χ2n) is 18.0. The summed E-state index contributed by atoms with van der Waals surface area (Å²) in [5, 5.41) is 94.0. The fraction of sp³-hybridized carbons (Fsp3) is 0.875. The number of aliphatic hydroxyl groups excluding tert-OH is 9. The lowest BCUT2D eigenvalue weighted by Crippen LogP contribution is -2.62. The van der Waals surface area contributed by atoms with Gasteiger partial charge in [0.15, 0.2) is 12.6 Å². The van der Waals surface area contributed by atoms with Crippen molar-refractivity contribution >= 4 is 5.97 Å². The van der Waals surface area contributed by atoms with Crippen molar-refractivity contribution in [3.05, 3.63) is 22.8 Å². The Hall–Kier alpha value is -1.57. The van der Waals surface area contributed by atoms with Gasteiger partial charge in [-0.3, -0.25) is 0 Å². The number of aliphatic hydroxyl groups is 9. The second kappa shape index (κ2) is 15.9. The van der Waals surface area contributed by atoms with Gasteiger partial charge in [-0.25, -0.2) is 4.79 Å². The predicted octanol–water partition coefficient (Wildman–Crippen LogP) is -0.194. The van der Waals surface area contributed by atoms with E-state index in [1.165, 1.54) is 0 Å². The molecule has 3 saturated carbocycles. The highest BCUT2D eigenvalue weighted by molar-refractivity contribution is 5.90. The van der Waals surface area contributed by atoms with E-state index in [9.17, 15) is 50.8 Å². The molecule has 15 heteroatoms. The number of hydrogen-bond donors (Lipinski definition) is 9. The van der Waals surface area contributed by atoms with Crippen LogP contribution in [0, 0.1) is 40.4 Å². The number of allylic oxidation sites excluding steroid dienone is 1. The highest BCUT2D eigenvalue weighted by Crippen LogP contribution is 2.67. The normalized spacial score (nSPS) is 50.7. The first kappa shape index (κ1) is 41.6. The molecule has 0 aromatic carbocycles. The van der Waals surface area contributed by atoms with Crippen LogP contribution in [0.1, 0.15) is 79.1 Å². The van der Waals surface area contributed by atoms with Crippen LogP contribution >= 0.6 is 0 Å². The third kappa shape index (κ3) is 7.06. The van der Waals surface area contributed by atoms with Gasteiger partial charge in [-0.1, -0.05) is 38.0 Å². The zero-order chi connectivity index (χ0) is 39.7. The van der Waals surface area contributed by atoms with Gasteiger partial charge < -0.3 is 69.6 Å². The van der Waals surface area contributed by atoms with Crippen LogP contribution in [0.5, 0.6) is 0 Å². The molecule has 0 aromatic rings. The molecule has 3 heterocycles. The molecule has 2 saturated heterocycles. The largest absolute Gasteiger partial charge is 0.458 e. The number of ether oxygens (including phenoxy) is 5. The van der Waals surface area contributed by atoms with E-state index in [1.807, 2.05) is 6.92 Å². The van der Waals surface area contributed by atoms with E-state index < -0.39 is 98.2 Å². The Bertz CT molecular complexity index is 1470. The maximum Gasteiger partial charge on any atom is 0.336 e. The Morgan fingerprint density at radius 2 is 1.53 bits per heavy atom. The minimum atomic E-state index is -1.68. The third-order valence-electron chi connectivity index (χ3n) is 15.4. The van der Waals surface area contributed by atoms with Gasteiger partial charge in [0.2, 0.25) is 0 Å². The van der Waals surface area contributed by atoms with Gasteiger partial charge in [0.25, 0.3) is 0 Å². The smallest absolute Gasteiger partial charge is 0.336 e. The molecule has 5 unspecified atom stereocenters. The first-order valence-corrected chi connectivity index (χ1v) is 20.2. The van der Waals surface area contributed by atoms with E-state index in [4.69, 9.17) is 23.7 Å². The first-order valence-electron chi connectivity index (χ1n) is 20.2. The zero-order valence-electron chi connectivity index (χ0n) is 32.2. The van der Waals surface area contributed by atoms with E-state index in [-0.39, 0.29) is 36.4 Å². The summed E-state index contributed by atoms with van der Waals surface area (Å²) in [6.45, 7) is 7.30. The molecule has 7 rings (SSSR count). The SMILES string of the molecule is CC1=C(CO)C(=O)OC([C@@H](C)[C@H]2CC[C@H]3[C@@H]4CC=C5C[C@@H](O[C@@H]6OC(CO[C@H]7OC(CO)[C@@H](O)C(O)[C@H]7O)[C@H](O)C(O)[C@@H]6O)C[C@H](O)[C@]5(C)[C@H]4CC[C@]23C)C1. The van der Waals surface area contributed by atoms with Crippen molar-refractivity contribution in [2.24, 2.45) is 40.4 Å².